The van der Waals surface area contributed by atoms with E-state index in [2.05, 4.69) is 10.1 Å². The lowest BCUT2D eigenvalue weighted by atomic mass is 10.1. The van der Waals surface area contributed by atoms with Gasteiger partial charge in [-0.1, -0.05) is 30.3 Å². The number of hydrogen-bond donors (Lipinski definition) is 0. The summed E-state index contributed by atoms with van der Waals surface area (Å²) in [6.45, 7) is 6.51. The average Bonchev–Trinajstić information content (AvgIpc) is 3.11. The summed E-state index contributed by atoms with van der Waals surface area (Å²) in [5, 5.41) is 4.88. The first-order valence-corrected chi connectivity index (χ1v) is 9.17. The third-order valence-electron chi connectivity index (χ3n) is 4.42. The van der Waals surface area contributed by atoms with Gasteiger partial charge in [0.05, 0.1) is 18.3 Å². The maximum Gasteiger partial charge on any atom is 0.264 e. The predicted octanol–water partition coefficient (Wildman–Crippen LogP) is 4.19. The lowest BCUT2D eigenvalue weighted by Crippen LogP contribution is -2.25. The van der Waals surface area contributed by atoms with Gasteiger partial charge in [0.15, 0.2) is 5.65 Å². The fourth-order valence-corrected chi connectivity index (χ4v) is 3.08. The molecule has 0 aliphatic carbocycles. The van der Waals surface area contributed by atoms with E-state index in [9.17, 15) is 4.79 Å². The van der Waals surface area contributed by atoms with Crippen LogP contribution in [0.25, 0.3) is 11.0 Å². The molecule has 6 nitrogen and oxygen atoms in total. The molecule has 0 spiro atoms. The van der Waals surface area contributed by atoms with E-state index in [4.69, 9.17) is 4.74 Å². The Morgan fingerprint density at radius 2 is 1.75 bits per heavy atom. The molecule has 0 radical (unpaired) electrons. The Balaban J connectivity index is 1.63. The predicted molar refractivity (Wildman–Crippen MR) is 109 cm³/mol. The third kappa shape index (κ3) is 3.53. The highest BCUT2D eigenvalue weighted by atomic mass is 16.5. The SMILES string of the molecule is CC(C)(C)n1ncc2c(=O)n(Cc3cccc(Oc4ccccc4)c3)cnc21. The molecule has 6 heteroatoms. The van der Waals surface area contributed by atoms with Crippen LogP contribution in [0.15, 0.2) is 71.9 Å². The largest absolute Gasteiger partial charge is 0.457 e. The number of aromatic nitrogens is 4. The summed E-state index contributed by atoms with van der Waals surface area (Å²) in [5.41, 5.74) is 1.22. The summed E-state index contributed by atoms with van der Waals surface area (Å²) >= 11 is 0. The van der Waals surface area contributed by atoms with Crippen LogP contribution in [0.3, 0.4) is 0 Å². The number of benzene rings is 2. The van der Waals surface area contributed by atoms with Gasteiger partial charge in [-0.3, -0.25) is 9.36 Å². The molecule has 0 unspecified atom stereocenters. The average molecular weight is 374 g/mol. The van der Waals surface area contributed by atoms with Crippen LogP contribution < -0.4 is 10.3 Å². The number of fused-ring (bicyclic) bond motifs is 1. The number of hydrogen-bond acceptors (Lipinski definition) is 4. The van der Waals surface area contributed by atoms with Gasteiger partial charge in [0.25, 0.3) is 5.56 Å². The highest BCUT2D eigenvalue weighted by molar-refractivity contribution is 5.73. The Labute approximate surface area is 163 Å². The zero-order valence-corrected chi connectivity index (χ0v) is 16.2. The lowest BCUT2D eigenvalue weighted by Gasteiger charge is -2.19. The molecule has 2 aromatic carbocycles. The Morgan fingerprint density at radius 3 is 2.50 bits per heavy atom. The van der Waals surface area contributed by atoms with E-state index in [1.165, 1.54) is 0 Å². The molecule has 0 N–H and O–H groups in total. The number of nitrogens with zero attached hydrogens (tertiary/aromatic N) is 4. The van der Waals surface area contributed by atoms with Crippen molar-refractivity contribution in [3.63, 3.8) is 0 Å². The quantitative estimate of drug-likeness (QED) is 0.537. The van der Waals surface area contributed by atoms with E-state index in [1.54, 1.807) is 21.8 Å². The van der Waals surface area contributed by atoms with E-state index >= 15 is 0 Å². The summed E-state index contributed by atoms with van der Waals surface area (Å²) in [7, 11) is 0. The van der Waals surface area contributed by atoms with E-state index in [-0.39, 0.29) is 11.1 Å². The van der Waals surface area contributed by atoms with E-state index < -0.39 is 0 Å². The van der Waals surface area contributed by atoms with Crippen LogP contribution in [0.2, 0.25) is 0 Å². The molecule has 0 aliphatic rings. The molecule has 142 valence electrons. The van der Waals surface area contributed by atoms with Gasteiger partial charge in [0.1, 0.15) is 23.2 Å². The standard InChI is InChI=1S/C22H22N4O2/c1-22(2,3)26-20-19(13-24-26)21(27)25(15-23-20)14-16-8-7-11-18(12-16)28-17-9-5-4-6-10-17/h4-13,15H,14H2,1-3H3. The van der Waals surface area contributed by atoms with E-state index in [1.807, 2.05) is 75.4 Å². The van der Waals surface area contributed by atoms with E-state index in [0.29, 0.717) is 17.6 Å². The molecule has 0 saturated carbocycles. The third-order valence-corrected chi connectivity index (χ3v) is 4.42. The molecule has 0 amide bonds. The lowest BCUT2D eigenvalue weighted by molar-refractivity contribution is 0.365. The van der Waals surface area contributed by atoms with Gasteiger partial charge >= 0.3 is 0 Å². The molecule has 0 atom stereocenters. The van der Waals surface area contributed by atoms with Crippen molar-refractivity contribution in [2.45, 2.75) is 32.9 Å². The summed E-state index contributed by atoms with van der Waals surface area (Å²) in [6.07, 6.45) is 3.18. The van der Waals surface area contributed by atoms with Crippen LogP contribution in [0.5, 0.6) is 11.5 Å². The molecule has 2 heterocycles. The Morgan fingerprint density at radius 1 is 1.00 bits per heavy atom. The van der Waals surface area contributed by atoms with Crippen molar-refractivity contribution < 1.29 is 4.74 Å². The fraction of sp³-hybridized carbons (Fsp3) is 0.227. The van der Waals surface area contributed by atoms with Crippen molar-refractivity contribution in [3.05, 3.63) is 83.0 Å². The molecular weight excluding hydrogens is 352 g/mol. The Kier molecular flexibility index (Phi) is 4.47. The summed E-state index contributed by atoms with van der Waals surface area (Å²) < 4.78 is 9.26. The van der Waals surface area contributed by atoms with Crippen LogP contribution in [0.1, 0.15) is 26.3 Å². The monoisotopic (exact) mass is 374 g/mol. The molecule has 0 aliphatic heterocycles. The van der Waals surface area contributed by atoms with Crippen molar-refractivity contribution in [2.24, 2.45) is 0 Å². The van der Waals surface area contributed by atoms with Crippen molar-refractivity contribution in [1.29, 1.82) is 0 Å². The zero-order chi connectivity index (χ0) is 19.7. The summed E-state index contributed by atoms with van der Waals surface area (Å²) in [6, 6.07) is 17.3. The first-order chi connectivity index (χ1) is 13.4. The molecule has 28 heavy (non-hydrogen) atoms. The van der Waals surface area contributed by atoms with Gasteiger partial charge in [0, 0.05) is 0 Å². The Bertz CT molecular complexity index is 1170. The van der Waals surface area contributed by atoms with Crippen molar-refractivity contribution >= 4 is 11.0 Å². The molecule has 0 saturated heterocycles. The van der Waals surface area contributed by atoms with E-state index in [0.717, 1.165) is 17.1 Å². The maximum atomic E-state index is 12.9. The first kappa shape index (κ1) is 18.0. The van der Waals surface area contributed by atoms with Crippen LogP contribution >= 0.6 is 0 Å². The van der Waals surface area contributed by atoms with Gasteiger partial charge < -0.3 is 4.74 Å². The second-order valence-corrected chi connectivity index (χ2v) is 7.70. The topological polar surface area (TPSA) is 61.9 Å². The molecular formula is C22H22N4O2. The molecule has 0 fully saturated rings. The summed E-state index contributed by atoms with van der Waals surface area (Å²) in [4.78, 5) is 17.4. The zero-order valence-electron chi connectivity index (χ0n) is 16.2. The van der Waals surface area contributed by atoms with Crippen molar-refractivity contribution in [2.75, 3.05) is 0 Å². The number of para-hydroxylation sites is 1. The Hall–Kier alpha value is -3.41. The van der Waals surface area contributed by atoms with Gasteiger partial charge in [-0.15, -0.1) is 0 Å². The highest BCUT2D eigenvalue weighted by Crippen LogP contribution is 2.22. The minimum absolute atomic E-state index is 0.102. The first-order valence-electron chi connectivity index (χ1n) is 9.17. The highest BCUT2D eigenvalue weighted by Gasteiger charge is 2.19. The minimum atomic E-state index is -0.240. The molecule has 0 bridgehead atoms. The number of ether oxygens (including phenoxy) is 1. The van der Waals surface area contributed by atoms with Crippen LogP contribution in [-0.4, -0.2) is 19.3 Å². The minimum Gasteiger partial charge on any atom is -0.457 e. The molecule has 4 aromatic rings. The fourth-order valence-electron chi connectivity index (χ4n) is 3.08. The maximum absolute atomic E-state index is 12.9. The van der Waals surface area contributed by atoms with Gasteiger partial charge in [-0.05, 0) is 50.6 Å². The number of rotatable bonds is 4. The van der Waals surface area contributed by atoms with Gasteiger partial charge in [-0.25, -0.2) is 9.67 Å². The molecule has 2 aromatic heterocycles. The van der Waals surface area contributed by atoms with Crippen molar-refractivity contribution in [1.82, 2.24) is 19.3 Å². The molecule has 4 rings (SSSR count). The summed E-state index contributed by atoms with van der Waals surface area (Å²) in [5.74, 6) is 1.50. The van der Waals surface area contributed by atoms with Gasteiger partial charge in [-0.2, -0.15) is 5.10 Å². The van der Waals surface area contributed by atoms with Crippen molar-refractivity contribution in [3.8, 4) is 11.5 Å². The smallest absolute Gasteiger partial charge is 0.264 e. The normalized spacial score (nSPS) is 11.7. The van der Waals surface area contributed by atoms with Gasteiger partial charge in [0.2, 0.25) is 0 Å². The second-order valence-electron chi connectivity index (χ2n) is 7.70. The van der Waals surface area contributed by atoms with Crippen LogP contribution in [0, 0.1) is 0 Å². The second kappa shape index (κ2) is 6.96. The van der Waals surface area contributed by atoms with Crippen LogP contribution in [0.4, 0.5) is 0 Å². The van der Waals surface area contributed by atoms with Crippen LogP contribution in [-0.2, 0) is 12.1 Å².